The van der Waals surface area contributed by atoms with Gasteiger partial charge in [0.1, 0.15) is 6.10 Å². The summed E-state index contributed by atoms with van der Waals surface area (Å²) in [6, 6.07) is 6.52. The smallest absolute Gasteiger partial charge is 0.185 e. The van der Waals surface area contributed by atoms with Gasteiger partial charge in [-0.05, 0) is 17.5 Å². The lowest BCUT2D eigenvalue weighted by Gasteiger charge is -2.19. The largest absolute Gasteiger partial charge is 0.390 e. The Morgan fingerprint density at radius 1 is 1.47 bits per heavy atom. The number of rotatable bonds is 6. The first-order chi connectivity index (χ1) is 9.06. The lowest BCUT2D eigenvalue weighted by Crippen LogP contribution is -2.19. The van der Waals surface area contributed by atoms with Gasteiger partial charge in [0, 0.05) is 23.3 Å². The summed E-state index contributed by atoms with van der Waals surface area (Å²) >= 11 is 1.09. The zero-order valence-corrected chi connectivity index (χ0v) is 11.2. The first-order valence-electron chi connectivity index (χ1n) is 5.69. The molecule has 6 nitrogen and oxygen atoms in total. The van der Waals surface area contributed by atoms with Crippen LogP contribution in [0.5, 0.6) is 0 Å². The molecule has 0 spiro atoms. The van der Waals surface area contributed by atoms with Crippen molar-refractivity contribution in [3.8, 4) is 0 Å². The second kappa shape index (κ2) is 7.81. The predicted octanol–water partition coefficient (Wildman–Crippen LogP) is 2.69. The van der Waals surface area contributed by atoms with E-state index in [1.807, 2.05) is 0 Å². The van der Waals surface area contributed by atoms with Crippen LogP contribution in [0.4, 0.5) is 5.69 Å². The molecule has 19 heavy (non-hydrogen) atoms. The van der Waals surface area contributed by atoms with Crippen LogP contribution in [0, 0.1) is 0 Å². The number of carbonyl (C=O) groups excluding carboxylic acids is 1. The molecule has 0 bridgehead atoms. The third-order valence-corrected chi connectivity index (χ3v) is 3.34. The maximum absolute atomic E-state index is 10.8. The van der Waals surface area contributed by atoms with Crippen molar-refractivity contribution < 1.29 is 15.0 Å². The predicted molar refractivity (Wildman–Crippen MR) is 74.0 cm³/mol. The average molecular weight is 281 g/mol. The van der Waals surface area contributed by atoms with Gasteiger partial charge in [0.15, 0.2) is 5.12 Å². The minimum absolute atomic E-state index is 0.0313. The Morgan fingerprint density at radius 2 is 2.16 bits per heavy atom. The summed E-state index contributed by atoms with van der Waals surface area (Å²) in [6.45, 7) is 1.45. The second-order valence-corrected chi connectivity index (χ2v) is 5.16. The Hall–Kier alpha value is -1.53. The Bertz CT molecular complexity index is 489. The SMILES string of the molecule is CC(=O)SCCC(O)C(O)c1ccccc1N=[N+]=[N-]. The van der Waals surface area contributed by atoms with Crippen molar-refractivity contribution in [2.75, 3.05) is 5.75 Å². The minimum atomic E-state index is -1.14. The van der Waals surface area contributed by atoms with Crippen molar-refractivity contribution in [3.63, 3.8) is 0 Å². The van der Waals surface area contributed by atoms with E-state index in [4.69, 9.17) is 5.53 Å². The quantitative estimate of drug-likeness (QED) is 0.475. The summed E-state index contributed by atoms with van der Waals surface area (Å²) in [5.74, 6) is 0.428. The molecule has 0 fully saturated rings. The van der Waals surface area contributed by atoms with Gasteiger partial charge in [-0.3, -0.25) is 4.79 Å². The zero-order valence-electron chi connectivity index (χ0n) is 10.4. The van der Waals surface area contributed by atoms with E-state index in [0.29, 0.717) is 11.3 Å². The number of benzene rings is 1. The van der Waals surface area contributed by atoms with Gasteiger partial charge in [-0.1, -0.05) is 41.1 Å². The van der Waals surface area contributed by atoms with Crippen LogP contribution < -0.4 is 0 Å². The number of carbonyl (C=O) groups is 1. The lowest BCUT2D eigenvalue weighted by molar-refractivity contribution is -0.109. The monoisotopic (exact) mass is 281 g/mol. The van der Waals surface area contributed by atoms with Gasteiger partial charge in [-0.15, -0.1) is 0 Å². The number of hydrogen-bond acceptors (Lipinski definition) is 5. The van der Waals surface area contributed by atoms with Gasteiger partial charge < -0.3 is 10.2 Å². The maximum Gasteiger partial charge on any atom is 0.185 e. The van der Waals surface area contributed by atoms with Gasteiger partial charge >= 0.3 is 0 Å². The topological polar surface area (TPSA) is 106 Å². The molecular formula is C12H15N3O3S. The number of azide groups is 1. The molecule has 0 aromatic heterocycles. The Labute approximate surface area is 115 Å². The highest BCUT2D eigenvalue weighted by molar-refractivity contribution is 8.13. The fourth-order valence-electron chi connectivity index (χ4n) is 1.57. The third-order valence-electron chi connectivity index (χ3n) is 2.49. The molecule has 2 unspecified atom stereocenters. The van der Waals surface area contributed by atoms with E-state index >= 15 is 0 Å². The van der Waals surface area contributed by atoms with E-state index in [1.165, 1.54) is 6.92 Å². The van der Waals surface area contributed by atoms with Crippen molar-refractivity contribution in [1.82, 2.24) is 0 Å². The van der Waals surface area contributed by atoms with Gasteiger partial charge in [-0.25, -0.2) is 0 Å². The van der Waals surface area contributed by atoms with Crippen LogP contribution in [0.1, 0.15) is 25.0 Å². The number of aliphatic hydroxyl groups is 2. The molecule has 0 radical (unpaired) electrons. The first kappa shape index (κ1) is 15.5. The van der Waals surface area contributed by atoms with Crippen molar-refractivity contribution >= 4 is 22.6 Å². The molecule has 2 N–H and O–H groups in total. The van der Waals surface area contributed by atoms with Gasteiger partial charge in [0.2, 0.25) is 0 Å². The first-order valence-corrected chi connectivity index (χ1v) is 6.68. The van der Waals surface area contributed by atoms with Gasteiger partial charge in [-0.2, -0.15) is 0 Å². The minimum Gasteiger partial charge on any atom is -0.390 e. The molecule has 0 aliphatic heterocycles. The molecule has 0 aliphatic rings. The standard InChI is InChI=1S/C12H15N3O3S/c1-8(16)19-7-6-11(17)12(18)9-4-2-3-5-10(9)14-15-13/h2-5,11-12,17-18H,6-7H2,1H3. The van der Waals surface area contributed by atoms with Crippen LogP contribution in [0.2, 0.25) is 0 Å². The molecule has 2 atom stereocenters. The molecule has 0 amide bonds. The fraction of sp³-hybridized carbons (Fsp3) is 0.417. The molecule has 1 aromatic rings. The molecule has 102 valence electrons. The summed E-state index contributed by atoms with van der Waals surface area (Å²) in [4.78, 5) is 13.4. The summed E-state index contributed by atoms with van der Waals surface area (Å²) in [6.07, 6.45) is -1.88. The van der Waals surface area contributed by atoms with Crippen LogP contribution in [-0.4, -0.2) is 27.2 Å². The number of aliphatic hydroxyl groups excluding tert-OH is 2. The Morgan fingerprint density at radius 3 is 2.79 bits per heavy atom. The Balaban J connectivity index is 2.73. The highest BCUT2D eigenvalue weighted by Gasteiger charge is 2.20. The Kier molecular flexibility index (Phi) is 6.38. The second-order valence-electron chi connectivity index (χ2n) is 3.89. The lowest BCUT2D eigenvalue weighted by atomic mass is 10.0. The van der Waals surface area contributed by atoms with Crippen LogP contribution >= 0.6 is 11.8 Å². The summed E-state index contributed by atoms with van der Waals surface area (Å²) in [7, 11) is 0. The van der Waals surface area contributed by atoms with Crippen molar-refractivity contribution in [2.24, 2.45) is 5.11 Å². The van der Waals surface area contributed by atoms with Crippen molar-refractivity contribution in [3.05, 3.63) is 40.3 Å². The van der Waals surface area contributed by atoms with E-state index in [0.717, 1.165) is 11.8 Å². The zero-order chi connectivity index (χ0) is 14.3. The maximum atomic E-state index is 10.8. The molecule has 0 heterocycles. The molecule has 0 aliphatic carbocycles. The molecule has 0 saturated carbocycles. The highest BCUT2D eigenvalue weighted by Crippen LogP contribution is 2.29. The number of thioether (sulfide) groups is 1. The molecular weight excluding hydrogens is 266 g/mol. The molecule has 1 rings (SSSR count). The van der Waals surface area contributed by atoms with Crippen molar-refractivity contribution in [2.45, 2.75) is 25.6 Å². The molecule has 7 heteroatoms. The van der Waals surface area contributed by atoms with Crippen LogP contribution in [0.15, 0.2) is 29.4 Å². The molecule has 0 saturated heterocycles. The normalized spacial score (nSPS) is 13.4. The van der Waals surface area contributed by atoms with Crippen LogP contribution in [-0.2, 0) is 4.79 Å². The van der Waals surface area contributed by atoms with Gasteiger partial charge in [0.25, 0.3) is 0 Å². The fourth-order valence-corrected chi connectivity index (χ4v) is 2.21. The van der Waals surface area contributed by atoms with E-state index in [2.05, 4.69) is 10.0 Å². The van der Waals surface area contributed by atoms with Gasteiger partial charge in [0.05, 0.1) is 6.10 Å². The highest BCUT2D eigenvalue weighted by atomic mass is 32.2. The summed E-state index contributed by atoms with van der Waals surface area (Å²) in [5.41, 5.74) is 9.10. The van der Waals surface area contributed by atoms with E-state index in [1.54, 1.807) is 24.3 Å². The van der Waals surface area contributed by atoms with Crippen molar-refractivity contribution in [1.29, 1.82) is 0 Å². The third kappa shape index (κ3) is 4.92. The molecule has 1 aromatic carbocycles. The van der Waals surface area contributed by atoms with E-state index < -0.39 is 12.2 Å². The van der Waals surface area contributed by atoms with E-state index in [-0.39, 0.29) is 17.2 Å². The van der Waals surface area contributed by atoms with Crippen LogP contribution in [0.3, 0.4) is 0 Å². The summed E-state index contributed by atoms with van der Waals surface area (Å²) < 4.78 is 0. The number of hydrogen-bond donors (Lipinski definition) is 2. The van der Waals surface area contributed by atoms with Crippen LogP contribution in [0.25, 0.3) is 10.4 Å². The van der Waals surface area contributed by atoms with E-state index in [9.17, 15) is 15.0 Å². The average Bonchev–Trinajstić information content (AvgIpc) is 2.38. The summed E-state index contributed by atoms with van der Waals surface area (Å²) in [5, 5.41) is 23.3. The number of nitrogens with zero attached hydrogens (tertiary/aromatic N) is 3.